The van der Waals surface area contributed by atoms with Gasteiger partial charge in [-0.15, -0.1) is 0 Å². The number of amides is 3. The van der Waals surface area contributed by atoms with Gasteiger partial charge in [-0.05, 0) is 68.7 Å². The Hall–Kier alpha value is -2.89. The molecular weight excluding hydrogens is 345 g/mol. The fourth-order valence-electron chi connectivity index (χ4n) is 3.39. The summed E-state index contributed by atoms with van der Waals surface area (Å²) in [6, 6.07) is 11.1. The van der Waals surface area contributed by atoms with Crippen molar-refractivity contribution in [1.82, 2.24) is 10.2 Å². The number of urea groups is 1. The molecule has 1 heterocycles. The van der Waals surface area contributed by atoms with Crippen molar-refractivity contribution in [2.75, 3.05) is 11.9 Å². The Morgan fingerprint density at radius 2 is 1.96 bits per heavy atom. The predicted molar refractivity (Wildman–Crippen MR) is 103 cm³/mol. The number of carbonyl (C=O) groups excluding carboxylic acids is 2. The molecule has 2 aromatic rings. The predicted octanol–water partition coefficient (Wildman–Crippen LogP) is 4.12. The van der Waals surface area contributed by atoms with E-state index in [-0.39, 0.29) is 29.8 Å². The molecule has 1 aliphatic heterocycles. The summed E-state index contributed by atoms with van der Waals surface area (Å²) < 4.78 is 13.6. The molecule has 27 heavy (non-hydrogen) atoms. The Morgan fingerprint density at radius 1 is 1.19 bits per heavy atom. The first-order valence-corrected chi connectivity index (χ1v) is 9.12. The molecule has 3 rings (SSSR count). The van der Waals surface area contributed by atoms with Crippen LogP contribution in [0.2, 0.25) is 0 Å². The van der Waals surface area contributed by atoms with Gasteiger partial charge < -0.3 is 15.5 Å². The summed E-state index contributed by atoms with van der Waals surface area (Å²) in [4.78, 5) is 26.6. The molecule has 3 amide bonds. The lowest BCUT2D eigenvalue weighted by atomic mass is 9.93. The average molecular weight is 369 g/mol. The van der Waals surface area contributed by atoms with Crippen molar-refractivity contribution in [3.8, 4) is 0 Å². The summed E-state index contributed by atoms with van der Waals surface area (Å²) in [5.41, 5.74) is 2.97. The van der Waals surface area contributed by atoms with E-state index in [1.165, 1.54) is 12.1 Å². The molecule has 0 saturated heterocycles. The maximum absolute atomic E-state index is 13.6. The van der Waals surface area contributed by atoms with Crippen LogP contribution in [-0.2, 0) is 6.42 Å². The molecule has 2 aromatic carbocycles. The van der Waals surface area contributed by atoms with Crippen molar-refractivity contribution in [3.05, 3.63) is 65.0 Å². The molecule has 0 radical (unpaired) electrons. The van der Waals surface area contributed by atoms with Crippen LogP contribution in [0.1, 0.15) is 48.3 Å². The van der Waals surface area contributed by atoms with Crippen molar-refractivity contribution < 1.29 is 14.0 Å². The summed E-state index contributed by atoms with van der Waals surface area (Å²) in [6.07, 6.45) is 0.695. The Morgan fingerprint density at radius 3 is 2.70 bits per heavy atom. The van der Waals surface area contributed by atoms with Crippen LogP contribution in [0.15, 0.2) is 42.5 Å². The molecule has 1 unspecified atom stereocenters. The quantitative estimate of drug-likeness (QED) is 0.855. The number of rotatable bonds is 3. The average Bonchev–Trinajstić information content (AvgIpc) is 2.61. The van der Waals surface area contributed by atoms with E-state index in [9.17, 15) is 14.0 Å². The van der Waals surface area contributed by atoms with Crippen LogP contribution in [0.25, 0.3) is 0 Å². The number of nitrogens with one attached hydrogen (secondary N) is 2. The zero-order valence-electron chi connectivity index (χ0n) is 15.8. The SMILES string of the molecule is CC(C)NC(=O)Nc1cccc(C(=O)N2CCc3ccc(F)cc3C2C)c1. The zero-order chi connectivity index (χ0) is 19.6. The highest BCUT2D eigenvalue weighted by molar-refractivity contribution is 5.97. The third-order valence-electron chi connectivity index (χ3n) is 4.70. The Bertz CT molecular complexity index is 866. The zero-order valence-corrected chi connectivity index (χ0v) is 15.8. The third kappa shape index (κ3) is 4.27. The molecule has 6 heteroatoms. The van der Waals surface area contributed by atoms with E-state index in [1.54, 1.807) is 35.2 Å². The van der Waals surface area contributed by atoms with Gasteiger partial charge in [0.1, 0.15) is 5.82 Å². The first-order chi connectivity index (χ1) is 12.8. The molecule has 5 nitrogen and oxygen atoms in total. The third-order valence-corrected chi connectivity index (χ3v) is 4.70. The van der Waals surface area contributed by atoms with Crippen molar-refractivity contribution >= 4 is 17.6 Å². The molecule has 0 spiro atoms. The molecular formula is C21H24FN3O2. The number of halogens is 1. The largest absolute Gasteiger partial charge is 0.336 e. The molecule has 1 atom stereocenters. The number of carbonyl (C=O) groups is 2. The fraction of sp³-hybridized carbons (Fsp3) is 0.333. The molecule has 0 bridgehead atoms. The van der Waals surface area contributed by atoms with Crippen LogP contribution in [0.4, 0.5) is 14.9 Å². The summed E-state index contributed by atoms with van der Waals surface area (Å²) in [6.45, 7) is 6.23. The lowest BCUT2D eigenvalue weighted by Crippen LogP contribution is -2.39. The Labute approximate surface area is 158 Å². The van der Waals surface area contributed by atoms with E-state index in [1.807, 2.05) is 20.8 Å². The van der Waals surface area contributed by atoms with Gasteiger partial charge in [-0.25, -0.2) is 9.18 Å². The highest BCUT2D eigenvalue weighted by atomic mass is 19.1. The second kappa shape index (κ2) is 7.78. The number of hydrogen-bond acceptors (Lipinski definition) is 2. The van der Waals surface area contributed by atoms with Gasteiger partial charge in [0.2, 0.25) is 0 Å². The van der Waals surface area contributed by atoms with E-state index >= 15 is 0 Å². The van der Waals surface area contributed by atoms with E-state index in [2.05, 4.69) is 10.6 Å². The number of nitrogens with zero attached hydrogens (tertiary/aromatic N) is 1. The number of fused-ring (bicyclic) bond motifs is 1. The number of benzene rings is 2. The van der Waals surface area contributed by atoms with Crippen LogP contribution in [0.3, 0.4) is 0 Å². The van der Waals surface area contributed by atoms with Crippen LogP contribution in [0.5, 0.6) is 0 Å². The Kier molecular flexibility index (Phi) is 5.44. The van der Waals surface area contributed by atoms with Gasteiger partial charge >= 0.3 is 6.03 Å². The summed E-state index contributed by atoms with van der Waals surface area (Å²) >= 11 is 0. The highest BCUT2D eigenvalue weighted by Gasteiger charge is 2.28. The van der Waals surface area contributed by atoms with Crippen LogP contribution in [-0.4, -0.2) is 29.4 Å². The minimum absolute atomic E-state index is 0.0180. The van der Waals surface area contributed by atoms with Gasteiger partial charge in [-0.3, -0.25) is 4.79 Å². The molecule has 0 aromatic heterocycles. The van der Waals surface area contributed by atoms with Gasteiger partial charge in [-0.2, -0.15) is 0 Å². The van der Waals surface area contributed by atoms with E-state index in [0.29, 0.717) is 24.2 Å². The molecule has 0 aliphatic carbocycles. The lowest BCUT2D eigenvalue weighted by Gasteiger charge is -2.35. The molecule has 142 valence electrons. The van der Waals surface area contributed by atoms with Gasteiger partial charge in [0, 0.05) is 23.8 Å². The lowest BCUT2D eigenvalue weighted by molar-refractivity contribution is 0.0677. The van der Waals surface area contributed by atoms with Crippen LogP contribution < -0.4 is 10.6 Å². The van der Waals surface area contributed by atoms with Crippen LogP contribution >= 0.6 is 0 Å². The summed E-state index contributed by atoms with van der Waals surface area (Å²) in [5, 5.41) is 5.48. The van der Waals surface area contributed by atoms with Crippen molar-refractivity contribution in [3.63, 3.8) is 0 Å². The van der Waals surface area contributed by atoms with E-state index in [4.69, 9.17) is 0 Å². The van der Waals surface area contributed by atoms with Gasteiger partial charge in [-0.1, -0.05) is 12.1 Å². The van der Waals surface area contributed by atoms with Gasteiger partial charge in [0.25, 0.3) is 5.91 Å². The maximum Gasteiger partial charge on any atom is 0.319 e. The van der Waals surface area contributed by atoms with Gasteiger partial charge in [0.15, 0.2) is 0 Å². The van der Waals surface area contributed by atoms with Gasteiger partial charge in [0.05, 0.1) is 6.04 Å². The smallest absolute Gasteiger partial charge is 0.319 e. The highest BCUT2D eigenvalue weighted by Crippen LogP contribution is 2.31. The van der Waals surface area contributed by atoms with Crippen molar-refractivity contribution in [2.24, 2.45) is 0 Å². The minimum atomic E-state index is -0.314. The van der Waals surface area contributed by atoms with Crippen LogP contribution in [0, 0.1) is 5.82 Å². The monoisotopic (exact) mass is 369 g/mol. The second-order valence-electron chi connectivity index (χ2n) is 7.10. The number of hydrogen-bond donors (Lipinski definition) is 2. The van der Waals surface area contributed by atoms with E-state index in [0.717, 1.165) is 11.1 Å². The topological polar surface area (TPSA) is 61.4 Å². The Balaban J connectivity index is 1.78. The molecule has 0 saturated carbocycles. The molecule has 1 aliphatic rings. The molecule has 2 N–H and O–H groups in total. The normalized spacial score (nSPS) is 16.0. The second-order valence-corrected chi connectivity index (χ2v) is 7.10. The van der Waals surface area contributed by atoms with Crippen molar-refractivity contribution in [2.45, 2.75) is 39.3 Å². The standard InChI is InChI=1S/C21H24FN3O2/c1-13(2)23-21(27)24-18-6-4-5-16(11-18)20(26)25-10-9-15-7-8-17(22)12-19(15)14(25)3/h4-8,11-14H,9-10H2,1-3H3,(H2,23,24,27). The summed E-state index contributed by atoms with van der Waals surface area (Å²) in [5.74, 6) is -0.428. The number of anilines is 1. The maximum atomic E-state index is 13.6. The van der Waals surface area contributed by atoms with Crippen molar-refractivity contribution in [1.29, 1.82) is 0 Å². The van der Waals surface area contributed by atoms with E-state index < -0.39 is 0 Å². The first-order valence-electron chi connectivity index (χ1n) is 9.12. The molecule has 0 fully saturated rings. The summed E-state index contributed by atoms with van der Waals surface area (Å²) in [7, 11) is 0. The first kappa shape index (κ1) is 18.9. The minimum Gasteiger partial charge on any atom is -0.336 e. The fourth-order valence-corrected chi connectivity index (χ4v) is 3.39.